The Morgan fingerprint density at radius 2 is 2.05 bits per heavy atom. The van der Waals surface area contributed by atoms with Crippen molar-refractivity contribution in [1.29, 1.82) is 0 Å². The van der Waals surface area contributed by atoms with Gasteiger partial charge in [-0.2, -0.15) is 0 Å². The van der Waals surface area contributed by atoms with Crippen LogP contribution in [0.2, 0.25) is 0 Å². The van der Waals surface area contributed by atoms with E-state index >= 15 is 0 Å². The summed E-state index contributed by atoms with van der Waals surface area (Å²) in [7, 11) is 0. The highest BCUT2D eigenvalue weighted by Gasteiger charge is 2.20. The summed E-state index contributed by atoms with van der Waals surface area (Å²) < 4.78 is 7.34. The first-order valence-electron chi connectivity index (χ1n) is 7.49. The standard InChI is InChI=1S/C17H24N2O2/c1-3-21-16-8-6-15(7-9-16)5-4-10-17(2,20)13-19-12-11-18-14-19/h6-9,11-12,14,20H,3-5,10,13H2,1-2H3. The van der Waals surface area contributed by atoms with E-state index in [2.05, 4.69) is 17.1 Å². The van der Waals surface area contributed by atoms with Crippen LogP contribution in [0, 0.1) is 0 Å². The van der Waals surface area contributed by atoms with Crippen molar-refractivity contribution in [2.45, 2.75) is 45.3 Å². The molecule has 1 N–H and O–H groups in total. The zero-order valence-corrected chi connectivity index (χ0v) is 12.8. The predicted octanol–water partition coefficient (Wildman–Crippen LogP) is 3.06. The number of aromatic nitrogens is 2. The maximum Gasteiger partial charge on any atom is 0.119 e. The summed E-state index contributed by atoms with van der Waals surface area (Å²) in [5, 5.41) is 10.4. The van der Waals surface area contributed by atoms with Crippen molar-refractivity contribution in [2.75, 3.05) is 6.61 Å². The van der Waals surface area contributed by atoms with Crippen LogP contribution in [0.1, 0.15) is 32.3 Å². The molecule has 0 fully saturated rings. The molecule has 21 heavy (non-hydrogen) atoms. The smallest absolute Gasteiger partial charge is 0.119 e. The van der Waals surface area contributed by atoms with E-state index in [0.29, 0.717) is 13.2 Å². The van der Waals surface area contributed by atoms with E-state index in [1.807, 2.05) is 36.7 Å². The molecule has 0 spiro atoms. The SMILES string of the molecule is CCOc1ccc(CCCC(C)(O)Cn2ccnc2)cc1. The van der Waals surface area contributed by atoms with Crippen molar-refractivity contribution in [3.8, 4) is 5.75 Å². The Hall–Kier alpha value is -1.81. The molecule has 4 heteroatoms. The van der Waals surface area contributed by atoms with Crippen LogP contribution in [0.15, 0.2) is 43.0 Å². The van der Waals surface area contributed by atoms with Gasteiger partial charge in [0.05, 0.1) is 25.1 Å². The molecule has 0 bridgehead atoms. The lowest BCUT2D eigenvalue weighted by Crippen LogP contribution is -2.30. The second-order valence-corrected chi connectivity index (χ2v) is 5.66. The Morgan fingerprint density at radius 3 is 2.67 bits per heavy atom. The first-order valence-corrected chi connectivity index (χ1v) is 7.49. The molecule has 2 rings (SSSR count). The minimum Gasteiger partial charge on any atom is -0.494 e. The van der Waals surface area contributed by atoms with E-state index in [-0.39, 0.29) is 0 Å². The molecule has 1 heterocycles. The molecule has 1 aromatic carbocycles. The molecule has 0 saturated carbocycles. The van der Waals surface area contributed by atoms with Crippen molar-refractivity contribution < 1.29 is 9.84 Å². The van der Waals surface area contributed by atoms with Crippen LogP contribution in [0.4, 0.5) is 0 Å². The fourth-order valence-corrected chi connectivity index (χ4v) is 2.44. The molecule has 0 amide bonds. The Morgan fingerprint density at radius 1 is 1.29 bits per heavy atom. The molecular formula is C17H24N2O2. The minimum atomic E-state index is -0.702. The molecule has 1 atom stereocenters. The summed E-state index contributed by atoms with van der Waals surface area (Å²) in [4.78, 5) is 4.00. The number of ether oxygens (including phenoxy) is 1. The van der Waals surface area contributed by atoms with Crippen molar-refractivity contribution in [2.24, 2.45) is 0 Å². The number of rotatable bonds is 8. The maximum absolute atomic E-state index is 10.4. The zero-order valence-electron chi connectivity index (χ0n) is 12.8. The number of aryl methyl sites for hydroxylation is 1. The maximum atomic E-state index is 10.4. The van der Waals surface area contributed by atoms with Crippen LogP contribution in [0.5, 0.6) is 5.75 Å². The summed E-state index contributed by atoms with van der Waals surface area (Å²) in [5.74, 6) is 0.911. The Bertz CT molecular complexity index is 518. The Labute approximate surface area is 126 Å². The summed E-state index contributed by atoms with van der Waals surface area (Å²) in [6, 6.07) is 8.19. The van der Waals surface area contributed by atoms with Gasteiger partial charge in [-0.25, -0.2) is 4.98 Å². The van der Waals surface area contributed by atoms with Gasteiger partial charge in [-0.15, -0.1) is 0 Å². The molecular weight excluding hydrogens is 264 g/mol. The lowest BCUT2D eigenvalue weighted by Gasteiger charge is -2.23. The fourth-order valence-electron chi connectivity index (χ4n) is 2.44. The highest BCUT2D eigenvalue weighted by molar-refractivity contribution is 5.27. The van der Waals surface area contributed by atoms with Crippen LogP contribution in [-0.4, -0.2) is 26.9 Å². The van der Waals surface area contributed by atoms with E-state index in [9.17, 15) is 5.11 Å². The lowest BCUT2D eigenvalue weighted by molar-refractivity contribution is 0.0312. The number of hydrogen-bond acceptors (Lipinski definition) is 3. The fraction of sp³-hybridized carbons (Fsp3) is 0.471. The van der Waals surface area contributed by atoms with Crippen LogP contribution >= 0.6 is 0 Å². The first kappa shape index (κ1) is 15.6. The van der Waals surface area contributed by atoms with E-state index in [0.717, 1.165) is 25.0 Å². The number of imidazole rings is 1. The quantitative estimate of drug-likeness (QED) is 0.812. The highest BCUT2D eigenvalue weighted by atomic mass is 16.5. The third-order valence-corrected chi connectivity index (χ3v) is 3.50. The summed E-state index contributed by atoms with van der Waals surface area (Å²) in [6.45, 7) is 5.13. The van der Waals surface area contributed by atoms with E-state index < -0.39 is 5.60 Å². The second kappa shape index (κ2) is 7.27. The third-order valence-electron chi connectivity index (χ3n) is 3.50. The first-order chi connectivity index (χ1) is 10.1. The Balaban J connectivity index is 1.77. The average molecular weight is 288 g/mol. The van der Waals surface area contributed by atoms with Gasteiger partial charge in [-0.05, 0) is 50.8 Å². The van der Waals surface area contributed by atoms with Crippen molar-refractivity contribution in [1.82, 2.24) is 9.55 Å². The number of hydrogen-bond donors (Lipinski definition) is 1. The van der Waals surface area contributed by atoms with Gasteiger partial charge in [0.2, 0.25) is 0 Å². The third kappa shape index (κ3) is 5.23. The molecule has 0 aliphatic rings. The van der Waals surface area contributed by atoms with Crippen LogP contribution in [0.25, 0.3) is 0 Å². The van der Waals surface area contributed by atoms with Gasteiger partial charge in [0.25, 0.3) is 0 Å². The van der Waals surface area contributed by atoms with Gasteiger partial charge >= 0.3 is 0 Å². The lowest BCUT2D eigenvalue weighted by atomic mass is 9.97. The molecule has 0 radical (unpaired) electrons. The van der Waals surface area contributed by atoms with Crippen molar-refractivity contribution >= 4 is 0 Å². The van der Waals surface area contributed by atoms with Crippen molar-refractivity contribution in [3.63, 3.8) is 0 Å². The van der Waals surface area contributed by atoms with Crippen LogP contribution in [0.3, 0.4) is 0 Å². The molecule has 4 nitrogen and oxygen atoms in total. The van der Waals surface area contributed by atoms with Crippen LogP contribution in [-0.2, 0) is 13.0 Å². The number of benzene rings is 1. The molecule has 2 aromatic rings. The largest absolute Gasteiger partial charge is 0.494 e. The molecule has 0 saturated heterocycles. The molecule has 0 aliphatic heterocycles. The van der Waals surface area contributed by atoms with E-state index in [1.165, 1.54) is 5.56 Å². The zero-order chi connectivity index (χ0) is 15.1. The minimum absolute atomic E-state index is 0.580. The molecule has 0 aliphatic carbocycles. The van der Waals surface area contributed by atoms with Crippen LogP contribution < -0.4 is 4.74 Å². The number of aliphatic hydroxyl groups is 1. The highest BCUT2D eigenvalue weighted by Crippen LogP contribution is 2.18. The average Bonchev–Trinajstić information content (AvgIpc) is 2.93. The number of nitrogens with zero attached hydrogens (tertiary/aromatic N) is 2. The normalized spacial score (nSPS) is 13.9. The van der Waals surface area contributed by atoms with Gasteiger partial charge in [-0.3, -0.25) is 0 Å². The van der Waals surface area contributed by atoms with E-state index in [4.69, 9.17) is 4.74 Å². The van der Waals surface area contributed by atoms with E-state index in [1.54, 1.807) is 12.5 Å². The van der Waals surface area contributed by atoms with Crippen molar-refractivity contribution in [3.05, 3.63) is 48.5 Å². The molecule has 1 unspecified atom stereocenters. The van der Waals surface area contributed by atoms with Gasteiger partial charge in [0.1, 0.15) is 5.75 Å². The monoisotopic (exact) mass is 288 g/mol. The van der Waals surface area contributed by atoms with Gasteiger partial charge < -0.3 is 14.4 Å². The topological polar surface area (TPSA) is 47.3 Å². The second-order valence-electron chi connectivity index (χ2n) is 5.66. The van der Waals surface area contributed by atoms with Gasteiger partial charge in [0, 0.05) is 12.4 Å². The molecule has 1 aromatic heterocycles. The summed E-state index contributed by atoms with van der Waals surface area (Å²) in [5.41, 5.74) is 0.572. The Kier molecular flexibility index (Phi) is 5.39. The van der Waals surface area contributed by atoms with Gasteiger partial charge in [-0.1, -0.05) is 12.1 Å². The molecule has 114 valence electrons. The summed E-state index contributed by atoms with van der Waals surface area (Å²) >= 11 is 0. The summed E-state index contributed by atoms with van der Waals surface area (Å²) in [6.07, 6.45) is 8.03. The predicted molar refractivity (Wildman–Crippen MR) is 83.4 cm³/mol. The van der Waals surface area contributed by atoms with Gasteiger partial charge in [0.15, 0.2) is 0 Å².